The zero-order chi connectivity index (χ0) is 26.8. The number of para-hydroxylation sites is 2. The van der Waals surface area contributed by atoms with E-state index in [1.807, 2.05) is 30.3 Å². The van der Waals surface area contributed by atoms with Gasteiger partial charge in [-0.15, -0.1) is 0 Å². The van der Waals surface area contributed by atoms with Crippen LogP contribution in [0.5, 0.6) is 5.88 Å². The van der Waals surface area contributed by atoms with Gasteiger partial charge in [-0.25, -0.2) is 4.79 Å². The molecular formula is C27H19ClN4O5S. The van der Waals surface area contributed by atoms with Gasteiger partial charge < -0.3 is 9.26 Å². The summed E-state index contributed by atoms with van der Waals surface area (Å²) in [7, 11) is 0. The molecule has 0 spiro atoms. The molecule has 0 bridgehead atoms. The number of rotatable bonds is 7. The molecule has 0 aliphatic heterocycles. The minimum atomic E-state index is -0.736. The zero-order valence-corrected chi connectivity index (χ0v) is 21.7. The van der Waals surface area contributed by atoms with E-state index >= 15 is 0 Å². The molecule has 0 unspecified atom stereocenters. The first-order chi connectivity index (χ1) is 18.3. The van der Waals surface area contributed by atoms with Crippen molar-refractivity contribution in [2.75, 3.05) is 0 Å². The summed E-state index contributed by atoms with van der Waals surface area (Å²) in [5.74, 6) is -0.381. The Morgan fingerprint density at radius 2 is 1.71 bits per heavy atom. The number of nitro benzene ring substituents is 1. The Hall–Kier alpha value is -4.41. The molecule has 0 saturated heterocycles. The maximum atomic E-state index is 13.7. The smallest absolute Gasteiger partial charge is 0.350 e. The number of esters is 1. The van der Waals surface area contributed by atoms with E-state index < -0.39 is 10.9 Å². The Morgan fingerprint density at radius 1 is 1.03 bits per heavy atom. The molecule has 0 fully saturated rings. The molecule has 0 amide bonds. The van der Waals surface area contributed by atoms with Crippen molar-refractivity contribution in [3.63, 3.8) is 0 Å². The standard InChI is InChI=1S/C27H19ClN4O5S/c1-16-25(38-22-15-9-8-14-21(22)32(34)35)26(31(29-16)18-10-4-3-5-11-18)36-27(33)23-17(2)37-30-24(23)19-12-6-7-13-20(19)28/h3-15H,1-2H3. The number of benzene rings is 3. The van der Waals surface area contributed by atoms with Crippen molar-refractivity contribution in [3.05, 3.63) is 111 Å². The second kappa shape index (κ2) is 10.5. The average molecular weight is 547 g/mol. The van der Waals surface area contributed by atoms with E-state index in [1.165, 1.54) is 10.7 Å². The van der Waals surface area contributed by atoms with Crippen LogP contribution in [-0.2, 0) is 0 Å². The molecule has 5 rings (SSSR count). The van der Waals surface area contributed by atoms with Crippen molar-refractivity contribution in [1.82, 2.24) is 14.9 Å². The van der Waals surface area contributed by atoms with Gasteiger partial charge in [-0.05, 0) is 38.1 Å². The summed E-state index contributed by atoms with van der Waals surface area (Å²) in [5.41, 5.74) is 1.96. The molecule has 5 aromatic rings. The molecule has 0 aliphatic carbocycles. The number of carbonyl (C=O) groups excluding carboxylic acids is 1. The van der Waals surface area contributed by atoms with E-state index in [4.69, 9.17) is 20.9 Å². The van der Waals surface area contributed by atoms with Crippen molar-refractivity contribution in [2.45, 2.75) is 23.6 Å². The molecule has 0 atom stereocenters. The van der Waals surface area contributed by atoms with Crippen molar-refractivity contribution in [2.24, 2.45) is 0 Å². The van der Waals surface area contributed by atoms with Crippen LogP contribution in [-0.4, -0.2) is 25.8 Å². The molecule has 190 valence electrons. The van der Waals surface area contributed by atoms with E-state index in [0.717, 1.165) is 11.8 Å². The van der Waals surface area contributed by atoms with Crippen LogP contribution in [0.3, 0.4) is 0 Å². The van der Waals surface area contributed by atoms with Crippen LogP contribution in [0.25, 0.3) is 16.9 Å². The van der Waals surface area contributed by atoms with Gasteiger partial charge >= 0.3 is 5.97 Å². The molecule has 3 aromatic carbocycles. The largest absolute Gasteiger partial charge is 0.402 e. The number of hydrogen-bond acceptors (Lipinski definition) is 8. The van der Waals surface area contributed by atoms with Crippen LogP contribution in [0, 0.1) is 24.0 Å². The maximum absolute atomic E-state index is 13.7. The first-order valence-corrected chi connectivity index (χ1v) is 12.5. The minimum Gasteiger partial charge on any atom is -0.402 e. The highest BCUT2D eigenvalue weighted by Gasteiger charge is 2.29. The van der Waals surface area contributed by atoms with Crippen molar-refractivity contribution in [3.8, 4) is 22.8 Å². The first kappa shape index (κ1) is 25.2. The fourth-order valence-electron chi connectivity index (χ4n) is 3.84. The molecule has 38 heavy (non-hydrogen) atoms. The summed E-state index contributed by atoms with van der Waals surface area (Å²) < 4.78 is 12.8. The monoisotopic (exact) mass is 546 g/mol. The SMILES string of the molecule is Cc1nn(-c2ccccc2)c(OC(=O)c2c(-c3ccccc3Cl)noc2C)c1Sc1ccccc1[N+](=O)[O-]. The Bertz CT molecular complexity index is 1670. The lowest BCUT2D eigenvalue weighted by Gasteiger charge is -2.11. The van der Waals surface area contributed by atoms with Gasteiger partial charge in [0, 0.05) is 11.6 Å². The molecule has 2 heterocycles. The van der Waals surface area contributed by atoms with Gasteiger partial charge in [-0.2, -0.15) is 9.78 Å². The number of aromatic nitrogens is 3. The van der Waals surface area contributed by atoms with Crippen molar-refractivity contribution >= 4 is 35.0 Å². The number of nitrogens with zero attached hydrogens (tertiary/aromatic N) is 4. The summed E-state index contributed by atoms with van der Waals surface area (Å²) in [5, 5.41) is 20.7. The van der Waals surface area contributed by atoms with E-state index in [1.54, 1.807) is 56.3 Å². The fourth-order valence-corrected chi connectivity index (χ4v) is 5.08. The number of hydrogen-bond donors (Lipinski definition) is 0. The van der Waals surface area contributed by atoms with Crippen molar-refractivity contribution < 1.29 is 19.0 Å². The summed E-state index contributed by atoms with van der Waals surface area (Å²) in [6, 6.07) is 22.4. The van der Waals surface area contributed by atoms with Gasteiger partial charge in [-0.1, -0.05) is 77.1 Å². The quantitative estimate of drug-likeness (QED) is 0.121. The Kier molecular flexibility index (Phi) is 6.99. The van der Waals surface area contributed by atoms with Crippen LogP contribution < -0.4 is 4.74 Å². The number of ether oxygens (including phenoxy) is 1. The zero-order valence-electron chi connectivity index (χ0n) is 20.1. The molecule has 0 aliphatic rings. The van der Waals surface area contributed by atoms with Crippen LogP contribution in [0.15, 0.2) is 93.2 Å². The third kappa shape index (κ3) is 4.79. The topological polar surface area (TPSA) is 113 Å². The maximum Gasteiger partial charge on any atom is 0.350 e. The van der Waals surface area contributed by atoms with E-state index in [2.05, 4.69) is 10.3 Å². The minimum absolute atomic E-state index is 0.0717. The Labute approximate surface area is 226 Å². The molecule has 2 aromatic heterocycles. The van der Waals surface area contributed by atoms with E-state index in [-0.39, 0.29) is 28.6 Å². The highest BCUT2D eigenvalue weighted by atomic mass is 35.5. The normalized spacial score (nSPS) is 10.9. The molecule has 11 heteroatoms. The Morgan fingerprint density at radius 3 is 2.45 bits per heavy atom. The lowest BCUT2D eigenvalue weighted by molar-refractivity contribution is -0.387. The number of aryl methyl sites for hydroxylation is 2. The van der Waals surface area contributed by atoms with E-state index in [0.29, 0.717) is 31.8 Å². The number of halogens is 1. The number of nitro groups is 1. The lowest BCUT2D eigenvalue weighted by atomic mass is 10.1. The second-order valence-electron chi connectivity index (χ2n) is 8.13. The first-order valence-electron chi connectivity index (χ1n) is 11.3. The third-order valence-corrected chi connectivity index (χ3v) is 7.19. The Balaban J connectivity index is 1.62. The van der Waals surface area contributed by atoms with E-state index in [9.17, 15) is 14.9 Å². The second-order valence-corrected chi connectivity index (χ2v) is 9.59. The lowest BCUT2D eigenvalue weighted by Crippen LogP contribution is -2.14. The summed E-state index contributed by atoms with van der Waals surface area (Å²) >= 11 is 7.46. The molecule has 9 nitrogen and oxygen atoms in total. The molecular weight excluding hydrogens is 528 g/mol. The van der Waals surface area contributed by atoms with Gasteiger partial charge in [0.15, 0.2) is 0 Å². The molecule has 0 N–H and O–H groups in total. The summed E-state index contributed by atoms with van der Waals surface area (Å²) in [4.78, 5) is 25.7. The van der Waals surface area contributed by atoms with Crippen LogP contribution in [0.4, 0.5) is 5.69 Å². The van der Waals surface area contributed by atoms with Gasteiger partial charge in [-0.3, -0.25) is 10.1 Å². The van der Waals surface area contributed by atoms with Gasteiger partial charge in [0.2, 0.25) is 5.88 Å². The highest BCUT2D eigenvalue weighted by Crippen LogP contribution is 2.43. The fraction of sp³-hybridized carbons (Fsp3) is 0.0741. The highest BCUT2D eigenvalue weighted by molar-refractivity contribution is 7.99. The predicted octanol–water partition coefficient (Wildman–Crippen LogP) is 7.08. The van der Waals surface area contributed by atoms with Gasteiger partial charge in [0.05, 0.1) is 31.1 Å². The van der Waals surface area contributed by atoms with Gasteiger partial charge in [0.1, 0.15) is 17.0 Å². The van der Waals surface area contributed by atoms with Crippen LogP contribution in [0.2, 0.25) is 5.02 Å². The van der Waals surface area contributed by atoms with Gasteiger partial charge in [0.25, 0.3) is 5.69 Å². The third-order valence-electron chi connectivity index (χ3n) is 5.63. The summed E-state index contributed by atoms with van der Waals surface area (Å²) in [6.45, 7) is 3.35. The molecule has 0 radical (unpaired) electrons. The number of carbonyl (C=O) groups is 1. The summed E-state index contributed by atoms with van der Waals surface area (Å²) in [6.07, 6.45) is 0. The average Bonchev–Trinajstić information content (AvgIpc) is 3.44. The van der Waals surface area contributed by atoms with Crippen LogP contribution in [0.1, 0.15) is 21.8 Å². The van der Waals surface area contributed by atoms with Crippen LogP contribution >= 0.6 is 23.4 Å². The molecule has 0 saturated carbocycles. The van der Waals surface area contributed by atoms with Crippen molar-refractivity contribution in [1.29, 1.82) is 0 Å². The predicted molar refractivity (Wildman–Crippen MR) is 142 cm³/mol.